The van der Waals surface area contributed by atoms with Crippen LogP contribution in [0.1, 0.15) is 11.3 Å². The highest BCUT2D eigenvalue weighted by Crippen LogP contribution is 2.24. The van der Waals surface area contributed by atoms with Crippen molar-refractivity contribution in [3.8, 4) is 11.3 Å². The van der Waals surface area contributed by atoms with Gasteiger partial charge in [-0.25, -0.2) is 4.63 Å². The third kappa shape index (κ3) is 4.75. The van der Waals surface area contributed by atoms with Gasteiger partial charge in [0.05, 0.1) is 11.9 Å². The Morgan fingerprint density at radius 1 is 0.909 bits per heavy atom. The Hall–Kier alpha value is -4.44. The van der Waals surface area contributed by atoms with E-state index in [-0.39, 0.29) is 11.3 Å². The maximum absolute atomic E-state index is 6.05. The molecule has 0 saturated carbocycles. The second kappa shape index (κ2) is 8.97. The Kier molecular flexibility index (Phi) is 5.56. The fraction of sp³-hybridized carbons (Fsp3) is 0.0455. The average molecular weight is 461 g/mol. The number of nitrogens with one attached hydrogen (secondary N) is 3. The summed E-state index contributed by atoms with van der Waals surface area (Å²) in [5, 5.41) is 12.3. The van der Waals surface area contributed by atoms with Gasteiger partial charge < -0.3 is 4.42 Å². The van der Waals surface area contributed by atoms with Crippen molar-refractivity contribution in [2.24, 2.45) is 5.10 Å². The van der Waals surface area contributed by atoms with Gasteiger partial charge in [0.15, 0.2) is 11.6 Å². The minimum absolute atomic E-state index is 0.245. The van der Waals surface area contributed by atoms with Crippen LogP contribution in [0.25, 0.3) is 22.6 Å². The van der Waals surface area contributed by atoms with Gasteiger partial charge in [0.25, 0.3) is 0 Å². The Morgan fingerprint density at radius 3 is 2.48 bits per heavy atom. The van der Waals surface area contributed by atoms with Crippen LogP contribution >= 0.6 is 11.6 Å². The van der Waals surface area contributed by atoms with Crippen molar-refractivity contribution >= 4 is 46.4 Å². The standard InChI is InChI=1S/C22H17ClN8O2/c1-13-5-7-16(8-6-13)27-29-20-19(25-21-22(26-20)31-33-30-21)28-24-12-17-9-10-18(32-17)14-3-2-4-15(23)11-14/h2-12,27H,1H3,(H,25,28,30)(H,26,29,31)/b24-12+. The Morgan fingerprint density at radius 2 is 1.70 bits per heavy atom. The summed E-state index contributed by atoms with van der Waals surface area (Å²) in [7, 11) is 0. The maximum atomic E-state index is 6.05. The molecule has 5 aromatic rings. The van der Waals surface area contributed by atoms with E-state index in [0.29, 0.717) is 28.2 Å². The number of furan rings is 1. The van der Waals surface area contributed by atoms with E-state index in [4.69, 9.17) is 20.6 Å². The summed E-state index contributed by atoms with van der Waals surface area (Å²) in [5.41, 5.74) is 12.3. The van der Waals surface area contributed by atoms with Gasteiger partial charge in [0.2, 0.25) is 11.3 Å². The van der Waals surface area contributed by atoms with Gasteiger partial charge in [-0.15, -0.1) is 0 Å². The number of hydrazone groups is 1. The first-order chi connectivity index (χ1) is 16.1. The molecule has 0 amide bonds. The summed E-state index contributed by atoms with van der Waals surface area (Å²) in [5.74, 6) is 1.89. The molecule has 2 aromatic carbocycles. The monoisotopic (exact) mass is 460 g/mol. The van der Waals surface area contributed by atoms with Crippen LogP contribution in [-0.4, -0.2) is 26.5 Å². The van der Waals surface area contributed by atoms with Crippen molar-refractivity contribution in [3.63, 3.8) is 0 Å². The summed E-state index contributed by atoms with van der Waals surface area (Å²) in [6, 6.07) is 18.9. The molecule has 0 aliphatic carbocycles. The minimum Gasteiger partial charge on any atom is -0.455 e. The highest BCUT2D eigenvalue weighted by molar-refractivity contribution is 6.30. The molecule has 0 bridgehead atoms. The minimum atomic E-state index is 0.245. The molecule has 0 atom stereocenters. The number of aromatic nitrogens is 4. The lowest BCUT2D eigenvalue weighted by atomic mass is 10.2. The summed E-state index contributed by atoms with van der Waals surface area (Å²) < 4.78 is 10.5. The molecule has 0 spiro atoms. The molecule has 33 heavy (non-hydrogen) atoms. The molecule has 3 aromatic heterocycles. The summed E-state index contributed by atoms with van der Waals surface area (Å²) in [6.45, 7) is 2.02. The largest absolute Gasteiger partial charge is 0.455 e. The number of aryl methyl sites for hydroxylation is 1. The van der Waals surface area contributed by atoms with Crippen LogP contribution in [0.3, 0.4) is 0 Å². The number of hydrogen-bond acceptors (Lipinski definition) is 10. The van der Waals surface area contributed by atoms with Crippen LogP contribution in [0.4, 0.5) is 17.3 Å². The maximum Gasteiger partial charge on any atom is 0.245 e. The first kappa shape index (κ1) is 20.5. The molecule has 0 unspecified atom stereocenters. The predicted molar refractivity (Wildman–Crippen MR) is 126 cm³/mol. The Labute approximate surface area is 192 Å². The van der Waals surface area contributed by atoms with Crippen molar-refractivity contribution in [3.05, 3.63) is 77.0 Å². The first-order valence-corrected chi connectivity index (χ1v) is 10.3. The molecule has 0 fully saturated rings. The number of hydrazine groups is 1. The molecule has 0 radical (unpaired) electrons. The molecular weight excluding hydrogens is 444 g/mol. The summed E-state index contributed by atoms with van der Waals surface area (Å²) >= 11 is 6.05. The average Bonchev–Trinajstić information content (AvgIpc) is 3.48. The van der Waals surface area contributed by atoms with Gasteiger partial charge in [0.1, 0.15) is 11.5 Å². The number of nitrogens with zero attached hydrogens (tertiary/aromatic N) is 5. The molecular formula is C22H17ClN8O2. The highest BCUT2D eigenvalue weighted by atomic mass is 35.5. The van der Waals surface area contributed by atoms with Crippen LogP contribution in [0.15, 0.2) is 74.8 Å². The highest BCUT2D eigenvalue weighted by Gasteiger charge is 2.12. The van der Waals surface area contributed by atoms with E-state index in [1.54, 1.807) is 6.07 Å². The number of hydrogen-bond donors (Lipinski definition) is 3. The normalized spacial score (nSPS) is 11.2. The van der Waals surface area contributed by atoms with Gasteiger partial charge in [0, 0.05) is 10.6 Å². The molecule has 3 N–H and O–H groups in total. The van der Waals surface area contributed by atoms with Gasteiger partial charge in [-0.2, -0.15) is 15.1 Å². The van der Waals surface area contributed by atoms with E-state index in [1.165, 1.54) is 6.21 Å². The molecule has 11 heteroatoms. The Bertz CT molecular complexity index is 1430. The van der Waals surface area contributed by atoms with Gasteiger partial charge in [-0.1, -0.05) is 41.4 Å². The van der Waals surface area contributed by atoms with Crippen molar-refractivity contribution in [1.29, 1.82) is 0 Å². The second-order valence-electron chi connectivity index (χ2n) is 7.03. The van der Waals surface area contributed by atoms with Crippen molar-refractivity contribution in [2.75, 3.05) is 16.3 Å². The van der Waals surface area contributed by atoms with Crippen molar-refractivity contribution in [2.45, 2.75) is 6.92 Å². The van der Waals surface area contributed by atoms with E-state index in [9.17, 15) is 0 Å². The molecule has 5 rings (SSSR count). The van der Waals surface area contributed by atoms with Crippen molar-refractivity contribution < 1.29 is 9.05 Å². The van der Waals surface area contributed by atoms with E-state index >= 15 is 0 Å². The number of anilines is 3. The van der Waals surface area contributed by atoms with E-state index in [2.05, 4.69) is 41.7 Å². The fourth-order valence-electron chi connectivity index (χ4n) is 2.95. The fourth-order valence-corrected chi connectivity index (χ4v) is 3.14. The van der Waals surface area contributed by atoms with Gasteiger partial charge in [-0.3, -0.25) is 16.3 Å². The van der Waals surface area contributed by atoms with Crippen LogP contribution in [-0.2, 0) is 0 Å². The zero-order valence-corrected chi connectivity index (χ0v) is 18.0. The van der Waals surface area contributed by atoms with Crippen LogP contribution in [0.5, 0.6) is 0 Å². The lowest BCUT2D eigenvalue weighted by Crippen LogP contribution is -2.13. The molecule has 3 heterocycles. The second-order valence-corrected chi connectivity index (χ2v) is 7.47. The zero-order valence-electron chi connectivity index (χ0n) is 17.3. The summed E-state index contributed by atoms with van der Waals surface area (Å²) in [6.07, 6.45) is 1.53. The Balaban J connectivity index is 1.33. The molecule has 0 aliphatic rings. The lowest BCUT2D eigenvalue weighted by molar-refractivity contribution is 0.314. The quantitative estimate of drug-likeness (QED) is 0.224. The van der Waals surface area contributed by atoms with Crippen LogP contribution in [0, 0.1) is 6.92 Å². The number of benzene rings is 2. The third-order valence-electron chi connectivity index (χ3n) is 4.59. The van der Waals surface area contributed by atoms with Crippen molar-refractivity contribution in [1.82, 2.24) is 20.3 Å². The van der Waals surface area contributed by atoms with E-state index in [1.807, 2.05) is 61.5 Å². The number of fused-ring (bicyclic) bond motifs is 1. The van der Waals surface area contributed by atoms with Crippen LogP contribution < -0.4 is 16.3 Å². The topological polar surface area (TPSA) is 126 Å². The summed E-state index contributed by atoms with van der Waals surface area (Å²) in [4.78, 5) is 8.72. The van der Waals surface area contributed by atoms with Gasteiger partial charge in [-0.05, 0) is 53.6 Å². The predicted octanol–water partition coefficient (Wildman–Crippen LogP) is 5.12. The third-order valence-corrected chi connectivity index (χ3v) is 4.82. The van der Waals surface area contributed by atoms with E-state index < -0.39 is 0 Å². The molecule has 10 nitrogen and oxygen atoms in total. The zero-order chi connectivity index (χ0) is 22.6. The molecule has 0 saturated heterocycles. The SMILES string of the molecule is Cc1ccc(NNc2nc3nonc3nc2N/N=C/c2ccc(-c3cccc(Cl)c3)o2)cc1. The molecule has 164 valence electrons. The smallest absolute Gasteiger partial charge is 0.245 e. The first-order valence-electron chi connectivity index (χ1n) is 9.88. The molecule has 0 aliphatic heterocycles. The van der Waals surface area contributed by atoms with Gasteiger partial charge >= 0.3 is 0 Å². The lowest BCUT2D eigenvalue weighted by Gasteiger charge is -2.11. The number of halogens is 1. The van der Waals surface area contributed by atoms with Crippen LogP contribution in [0.2, 0.25) is 5.02 Å². The number of rotatable bonds is 7. The van der Waals surface area contributed by atoms with E-state index in [0.717, 1.165) is 16.8 Å².